The molecule has 0 radical (unpaired) electrons. The summed E-state index contributed by atoms with van der Waals surface area (Å²) >= 11 is 0. The van der Waals surface area contributed by atoms with Crippen molar-refractivity contribution in [2.24, 2.45) is 5.92 Å². The second-order valence-corrected chi connectivity index (χ2v) is 5.12. The van der Waals surface area contributed by atoms with Gasteiger partial charge in [-0.25, -0.2) is 4.98 Å². The second-order valence-electron chi connectivity index (χ2n) is 5.12. The van der Waals surface area contributed by atoms with Crippen molar-refractivity contribution in [2.45, 2.75) is 45.7 Å². The lowest BCUT2D eigenvalue weighted by Crippen LogP contribution is -2.45. The Morgan fingerprint density at radius 2 is 2.25 bits per heavy atom. The highest BCUT2D eigenvalue weighted by Crippen LogP contribution is 2.36. The van der Waals surface area contributed by atoms with E-state index in [0.717, 1.165) is 18.7 Å². The number of aryl methyl sites for hydroxylation is 1. The summed E-state index contributed by atoms with van der Waals surface area (Å²) in [5.41, 5.74) is 0.828. The molecule has 0 aromatic carbocycles. The van der Waals surface area contributed by atoms with Crippen molar-refractivity contribution in [3.8, 4) is 0 Å². The fourth-order valence-electron chi connectivity index (χ4n) is 2.96. The number of carboxylic acid groups (broad SMARTS) is 1. The first kappa shape index (κ1) is 14.6. The molecule has 1 aliphatic heterocycles. The van der Waals surface area contributed by atoms with E-state index in [0.29, 0.717) is 19.4 Å². The van der Waals surface area contributed by atoms with Crippen LogP contribution in [0, 0.1) is 5.92 Å². The Kier molecular flexibility index (Phi) is 4.42. The highest BCUT2D eigenvalue weighted by Gasteiger charge is 2.41. The van der Waals surface area contributed by atoms with Crippen molar-refractivity contribution in [3.63, 3.8) is 0 Å². The van der Waals surface area contributed by atoms with Crippen molar-refractivity contribution in [3.05, 3.63) is 18.2 Å². The third-order valence-electron chi connectivity index (χ3n) is 3.88. The van der Waals surface area contributed by atoms with Crippen LogP contribution in [0.15, 0.2) is 12.5 Å². The average Bonchev–Trinajstić information content (AvgIpc) is 2.86. The van der Waals surface area contributed by atoms with Gasteiger partial charge in [0.1, 0.15) is 0 Å². The molecule has 1 fully saturated rings. The number of carbonyl (C=O) groups is 2. The molecular weight excluding hydrogens is 258 g/mol. The van der Waals surface area contributed by atoms with Crippen LogP contribution in [0.2, 0.25) is 0 Å². The number of hydrogen-bond acceptors (Lipinski definition) is 3. The van der Waals surface area contributed by atoms with E-state index >= 15 is 0 Å². The first-order valence-corrected chi connectivity index (χ1v) is 7.12. The zero-order valence-corrected chi connectivity index (χ0v) is 12.0. The lowest BCUT2D eigenvalue weighted by atomic mass is 9.86. The van der Waals surface area contributed by atoms with E-state index in [1.165, 1.54) is 0 Å². The number of hydrogen-bond donors (Lipinski definition) is 1. The Labute approximate surface area is 118 Å². The molecule has 2 rings (SSSR count). The maximum Gasteiger partial charge on any atom is 0.309 e. The maximum atomic E-state index is 12.1. The third kappa shape index (κ3) is 2.55. The second kappa shape index (κ2) is 6.07. The Bertz CT molecular complexity index is 496. The Balaban J connectivity index is 2.41. The number of carbonyl (C=O) groups excluding carboxylic acids is 1. The fourth-order valence-corrected chi connectivity index (χ4v) is 2.96. The van der Waals surface area contributed by atoms with Gasteiger partial charge in [0.05, 0.1) is 30.2 Å². The molecule has 1 N–H and O–H groups in total. The number of likely N-dealkylation sites (tertiary alicyclic amines) is 1. The van der Waals surface area contributed by atoms with Gasteiger partial charge < -0.3 is 14.6 Å². The molecule has 110 valence electrons. The highest BCUT2D eigenvalue weighted by molar-refractivity contribution is 5.81. The minimum atomic E-state index is -0.842. The van der Waals surface area contributed by atoms with E-state index in [2.05, 4.69) is 11.9 Å². The van der Waals surface area contributed by atoms with Gasteiger partial charge in [0, 0.05) is 19.5 Å². The van der Waals surface area contributed by atoms with Gasteiger partial charge in [-0.05, 0) is 19.8 Å². The van der Waals surface area contributed by atoms with Gasteiger partial charge in [0.2, 0.25) is 5.91 Å². The molecule has 1 amide bonds. The largest absolute Gasteiger partial charge is 0.481 e. The highest BCUT2D eigenvalue weighted by atomic mass is 16.4. The fraction of sp³-hybridized carbons (Fsp3) is 0.643. The average molecular weight is 279 g/mol. The van der Waals surface area contributed by atoms with Gasteiger partial charge in [-0.15, -0.1) is 0 Å². The van der Waals surface area contributed by atoms with Crippen molar-refractivity contribution in [1.29, 1.82) is 0 Å². The molecule has 1 aliphatic rings. The van der Waals surface area contributed by atoms with E-state index in [4.69, 9.17) is 0 Å². The zero-order valence-electron chi connectivity index (χ0n) is 12.0. The number of rotatable bonds is 5. The molecule has 6 heteroatoms. The molecule has 0 bridgehead atoms. The SMILES string of the molecule is CCCn1cncc1C1C(C(=O)O)CCC(=O)N1CC. The molecule has 20 heavy (non-hydrogen) atoms. The van der Waals surface area contributed by atoms with Crippen molar-refractivity contribution >= 4 is 11.9 Å². The number of imidazole rings is 1. The van der Waals surface area contributed by atoms with Gasteiger partial charge in [-0.2, -0.15) is 0 Å². The Hall–Kier alpha value is -1.85. The topological polar surface area (TPSA) is 75.4 Å². The lowest BCUT2D eigenvalue weighted by Gasteiger charge is -2.39. The smallest absolute Gasteiger partial charge is 0.309 e. The van der Waals surface area contributed by atoms with E-state index in [1.807, 2.05) is 11.5 Å². The van der Waals surface area contributed by atoms with Gasteiger partial charge in [0.25, 0.3) is 0 Å². The van der Waals surface area contributed by atoms with Crippen LogP contribution in [-0.2, 0) is 16.1 Å². The number of nitrogens with zero attached hydrogens (tertiary/aromatic N) is 3. The van der Waals surface area contributed by atoms with Crippen LogP contribution in [0.5, 0.6) is 0 Å². The Morgan fingerprint density at radius 1 is 1.50 bits per heavy atom. The van der Waals surface area contributed by atoms with Crippen LogP contribution in [-0.4, -0.2) is 38.0 Å². The molecule has 0 aliphatic carbocycles. The van der Waals surface area contributed by atoms with E-state index in [-0.39, 0.29) is 5.91 Å². The molecule has 0 spiro atoms. The van der Waals surface area contributed by atoms with E-state index < -0.39 is 17.9 Å². The third-order valence-corrected chi connectivity index (χ3v) is 3.88. The first-order valence-electron chi connectivity index (χ1n) is 7.12. The molecule has 2 heterocycles. The summed E-state index contributed by atoms with van der Waals surface area (Å²) in [6, 6.07) is -0.409. The maximum absolute atomic E-state index is 12.1. The summed E-state index contributed by atoms with van der Waals surface area (Å²) in [6.45, 7) is 5.24. The number of aliphatic carboxylic acids is 1. The van der Waals surface area contributed by atoms with Crippen molar-refractivity contribution < 1.29 is 14.7 Å². The van der Waals surface area contributed by atoms with Crippen molar-refractivity contribution in [1.82, 2.24) is 14.5 Å². The molecule has 1 saturated heterocycles. The monoisotopic (exact) mass is 279 g/mol. The van der Waals surface area contributed by atoms with Crippen LogP contribution in [0.25, 0.3) is 0 Å². The van der Waals surface area contributed by atoms with Crippen LogP contribution in [0.1, 0.15) is 44.8 Å². The number of carboxylic acids is 1. The molecule has 6 nitrogen and oxygen atoms in total. The predicted molar refractivity (Wildman–Crippen MR) is 73.0 cm³/mol. The zero-order chi connectivity index (χ0) is 14.7. The van der Waals surface area contributed by atoms with Gasteiger partial charge in [-0.3, -0.25) is 9.59 Å². The van der Waals surface area contributed by atoms with Crippen LogP contribution in [0.4, 0.5) is 0 Å². The quantitative estimate of drug-likeness (QED) is 0.889. The molecule has 1 aromatic rings. The normalized spacial score (nSPS) is 23.1. The molecule has 0 saturated carbocycles. The number of piperidine rings is 1. The van der Waals surface area contributed by atoms with Crippen LogP contribution < -0.4 is 0 Å². The number of aromatic nitrogens is 2. The minimum Gasteiger partial charge on any atom is -0.481 e. The predicted octanol–water partition coefficient (Wildman–Crippen LogP) is 1.68. The van der Waals surface area contributed by atoms with E-state index in [9.17, 15) is 14.7 Å². The van der Waals surface area contributed by atoms with E-state index in [1.54, 1.807) is 17.4 Å². The summed E-state index contributed by atoms with van der Waals surface area (Å²) < 4.78 is 1.96. The molecule has 1 aromatic heterocycles. The summed E-state index contributed by atoms with van der Waals surface area (Å²) in [6.07, 6.45) is 5.05. The minimum absolute atomic E-state index is 0.0271. The lowest BCUT2D eigenvalue weighted by molar-refractivity contribution is -0.152. The van der Waals surface area contributed by atoms with Crippen LogP contribution in [0.3, 0.4) is 0 Å². The summed E-state index contributed by atoms with van der Waals surface area (Å²) in [4.78, 5) is 29.4. The van der Waals surface area contributed by atoms with Gasteiger partial charge in [0.15, 0.2) is 0 Å². The van der Waals surface area contributed by atoms with Crippen LogP contribution >= 0.6 is 0 Å². The first-order chi connectivity index (χ1) is 9.60. The number of amides is 1. The molecule has 2 unspecified atom stereocenters. The van der Waals surface area contributed by atoms with Gasteiger partial charge in [-0.1, -0.05) is 6.92 Å². The molecule has 2 atom stereocenters. The standard InChI is InChI=1S/C14H21N3O3/c1-3-7-16-9-15-8-11(16)13-10(14(19)20)5-6-12(18)17(13)4-2/h8-10,13H,3-7H2,1-2H3,(H,19,20). The summed E-state index contributed by atoms with van der Waals surface area (Å²) in [7, 11) is 0. The molecular formula is C14H21N3O3. The van der Waals surface area contributed by atoms with Gasteiger partial charge >= 0.3 is 5.97 Å². The summed E-state index contributed by atoms with van der Waals surface area (Å²) in [5.74, 6) is -1.37. The summed E-state index contributed by atoms with van der Waals surface area (Å²) in [5, 5.41) is 9.46. The van der Waals surface area contributed by atoms with Crippen molar-refractivity contribution in [2.75, 3.05) is 6.54 Å². The Morgan fingerprint density at radius 3 is 2.85 bits per heavy atom.